The van der Waals surface area contributed by atoms with Crippen LogP contribution in [0.5, 0.6) is 5.75 Å². The number of carboxylic acid groups (broad SMARTS) is 2. The normalized spacial score (nSPS) is 17.2. The van der Waals surface area contributed by atoms with E-state index in [1.165, 1.54) is 46.2 Å². The van der Waals surface area contributed by atoms with Gasteiger partial charge in [0.05, 0.1) is 0 Å². The molecule has 2 aliphatic heterocycles. The summed E-state index contributed by atoms with van der Waals surface area (Å²) < 4.78 is 6.38. The van der Waals surface area contributed by atoms with E-state index < -0.39 is 11.9 Å². The van der Waals surface area contributed by atoms with Crippen molar-refractivity contribution in [3.05, 3.63) is 76.0 Å². The maximum Gasteiger partial charge on any atom is 0.328 e. The summed E-state index contributed by atoms with van der Waals surface area (Å²) in [6.07, 6.45) is 7.77. The molecule has 2 aliphatic rings. The number of hydrogen-bond donors (Lipinski definition) is 3. The standard InChI is InChI=1S/C26H31ClN2O.C4H4O4/c1-17-12-20-15-26(2,3)30-25(20)23(13-17)18-6-9-29(10-7-18)11-8-19-16-28-24-14-21(27)4-5-22(19)24;5-3(6)1-2-4(7)8/h4-5,12-14,16,18,28H,6-11,15H2,1-3H3;1-2H,(H,5,6)(H,7,8)/b;2-1+. The second kappa shape index (κ2) is 11.6. The van der Waals surface area contributed by atoms with Gasteiger partial charge in [-0.1, -0.05) is 35.4 Å². The zero-order valence-corrected chi connectivity index (χ0v) is 22.8. The van der Waals surface area contributed by atoms with Gasteiger partial charge >= 0.3 is 11.9 Å². The van der Waals surface area contributed by atoms with Gasteiger partial charge in [0.1, 0.15) is 11.4 Å². The van der Waals surface area contributed by atoms with Crippen molar-refractivity contribution < 1.29 is 24.5 Å². The van der Waals surface area contributed by atoms with Gasteiger partial charge in [-0.15, -0.1) is 0 Å². The van der Waals surface area contributed by atoms with Crippen LogP contribution in [-0.2, 0) is 22.4 Å². The topological polar surface area (TPSA) is 103 Å². The molecule has 8 heteroatoms. The van der Waals surface area contributed by atoms with Crippen LogP contribution >= 0.6 is 11.6 Å². The van der Waals surface area contributed by atoms with Crippen LogP contribution < -0.4 is 4.74 Å². The Balaban J connectivity index is 0.000000368. The van der Waals surface area contributed by atoms with Gasteiger partial charge in [-0.05, 0) is 87.9 Å². The number of halogens is 1. The quantitative estimate of drug-likeness (QED) is 0.334. The van der Waals surface area contributed by atoms with E-state index in [1.54, 1.807) is 0 Å². The molecule has 0 amide bonds. The van der Waals surface area contributed by atoms with E-state index in [9.17, 15) is 9.59 Å². The van der Waals surface area contributed by atoms with Gasteiger partial charge in [0, 0.05) is 47.2 Å². The van der Waals surface area contributed by atoms with E-state index in [4.69, 9.17) is 26.6 Å². The molecule has 0 saturated carbocycles. The minimum absolute atomic E-state index is 0.0743. The van der Waals surface area contributed by atoms with Gasteiger partial charge in [0.15, 0.2) is 0 Å². The molecule has 0 radical (unpaired) electrons. The Bertz CT molecular complexity index is 1340. The van der Waals surface area contributed by atoms with Gasteiger partial charge in [0.25, 0.3) is 0 Å². The summed E-state index contributed by atoms with van der Waals surface area (Å²) in [6.45, 7) is 10.0. The van der Waals surface area contributed by atoms with E-state index in [1.807, 2.05) is 12.1 Å². The predicted octanol–water partition coefficient (Wildman–Crippen LogP) is 5.98. The van der Waals surface area contributed by atoms with E-state index in [-0.39, 0.29) is 5.60 Å². The summed E-state index contributed by atoms with van der Waals surface area (Å²) in [6, 6.07) is 10.8. The Morgan fingerprint density at radius 3 is 2.47 bits per heavy atom. The van der Waals surface area contributed by atoms with Gasteiger partial charge in [-0.25, -0.2) is 9.59 Å². The average molecular weight is 539 g/mol. The summed E-state index contributed by atoms with van der Waals surface area (Å²) in [5.41, 5.74) is 6.66. The third-order valence-electron chi connectivity index (χ3n) is 7.16. The first-order valence-electron chi connectivity index (χ1n) is 12.9. The number of aromatic amines is 1. The molecule has 2 aromatic carbocycles. The van der Waals surface area contributed by atoms with E-state index in [2.05, 4.69) is 55.1 Å². The van der Waals surface area contributed by atoms with Crippen LogP contribution in [0.3, 0.4) is 0 Å². The largest absolute Gasteiger partial charge is 0.487 e. The van der Waals surface area contributed by atoms with Gasteiger partial charge in [-0.3, -0.25) is 0 Å². The molecule has 0 unspecified atom stereocenters. The lowest BCUT2D eigenvalue weighted by Gasteiger charge is -2.33. The highest BCUT2D eigenvalue weighted by Crippen LogP contribution is 2.44. The molecule has 3 aromatic rings. The summed E-state index contributed by atoms with van der Waals surface area (Å²) >= 11 is 6.11. The molecule has 7 nitrogen and oxygen atoms in total. The lowest BCUT2D eigenvalue weighted by molar-refractivity contribution is -0.134. The van der Waals surface area contributed by atoms with Crippen LogP contribution in [-0.4, -0.2) is 57.3 Å². The molecule has 3 N–H and O–H groups in total. The third kappa shape index (κ3) is 6.97. The molecule has 0 bridgehead atoms. The number of nitrogens with one attached hydrogen (secondary N) is 1. The third-order valence-corrected chi connectivity index (χ3v) is 7.39. The molecule has 1 fully saturated rings. The number of H-pyrrole nitrogens is 1. The minimum Gasteiger partial charge on any atom is -0.487 e. The number of piperidine rings is 1. The Labute approximate surface area is 228 Å². The molecule has 3 heterocycles. The first kappa shape index (κ1) is 27.7. The van der Waals surface area contributed by atoms with Crippen molar-refractivity contribution in [3.63, 3.8) is 0 Å². The molecule has 0 aliphatic carbocycles. The average Bonchev–Trinajstić information content (AvgIpc) is 3.39. The fraction of sp³-hybridized carbons (Fsp3) is 0.400. The Morgan fingerprint density at radius 1 is 1.13 bits per heavy atom. The van der Waals surface area contributed by atoms with Crippen LogP contribution in [0.25, 0.3) is 10.9 Å². The van der Waals surface area contributed by atoms with Crippen LogP contribution in [0.1, 0.15) is 54.9 Å². The number of carboxylic acids is 2. The zero-order valence-electron chi connectivity index (χ0n) is 22.1. The highest BCUT2D eigenvalue weighted by molar-refractivity contribution is 6.31. The van der Waals surface area contributed by atoms with Crippen molar-refractivity contribution in [1.29, 1.82) is 0 Å². The molecule has 5 rings (SSSR count). The minimum atomic E-state index is -1.26. The number of nitrogens with zero attached hydrogens (tertiary/aromatic N) is 1. The van der Waals surface area contributed by atoms with Gasteiger partial charge in [-0.2, -0.15) is 0 Å². The number of rotatable bonds is 6. The lowest BCUT2D eigenvalue weighted by Crippen LogP contribution is -2.34. The summed E-state index contributed by atoms with van der Waals surface area (Å²) in [4.78, 5) is 25.1. The molecule has 0 spiro atoms. The highest BCUT2D eigenvalue weighted by atomic mass is 35.5. The number of ether oxygens (including phenoxy) is 1. The molecule has 38 heavy (non-hydrogen) atoms. The molecule has 202 valence electrons. The Hall–Kier alpha value is -3.29. The summed E-state index contributed by atoms with van der Waals surface area (Å²) in [5, 5.41) is 17.7. The molecule has 1 saturated heterocycles. The fourth-order valence-electron chi connectivity index (χ4n) is 5.46. The number of carbonyl (C=O) groups is 2. The van der Waals surface area contributed by atoms with Crippen molar-refractivity contribution in [2.75, 3.05) is 19.6 Å². The number of hydrogen-bond acceptors (Lipinski definition) is 4. The van der Waals surface area contributed by atoms with Crippen LogP contribution in [0.2, 0.25) is 5.02 Å². The smallest absolute Gasteiger partial charge is 0.328 e. The van der Waals surface area contributed by atoms with Crippen molar-refractivity contribution >= 4 is 34.4 Å². The number of aromatic nitrogens is 1. The number of aliphatic carboxylic acids is 2. The number of fused-ring (bicyclic) bond motifs is 2. The van der Waals surface area contributed by atoms with Crippen molar-refractivity contribution in [2.45, 2.75) is 58.0 Å². The second-order valence-corrected chi connectivity index (χ2v) is 11.2. The van der Waals surface area contributed by atoms with E-state index in [0.717, 1.165) is 43.0 Å². The number of aryl methyl sites for hydroxylation is 1. The molecule has 0 atom stereocenters. The zero-order chi connectivity index (χ0) is 27.4. The van der Waals surface area contributed by atoms with Gasteiger partial charge < -0.3 is 24.8 Å². The van der Waals surface area contributed by atoms with Crippen LogP contribution in [0.4, 0.5) is 0 Å². The number of benzene rings is 2. The number of likely N-dealkylation sites (tertiary alicyclic amines) is 1. The van der Waals surface area contributed by atoms with E-state index in [0.29, 0.717) is 18.1 Å². The van der Waals surface area contributed by atoms with Crippen LogP contribution in [0.15, 0.2) is 48.7 Å². The second-order valence-electron chi connectivity index (χ2n) is 10.8. The maximum absolute atomic E-state index is 9.55. The highest BCUT2D eigenvalue weighted by Gasteiger charge is 2.34. The SMILES string of the molecule is Cc1cc2c(c(C3CCN(CCc4c[nH]c5cc(Cl)ccc45)CC3)c1)OC(C)(C)C2.O=C(O)/C=C/C(=O)O. The maximum atomic E-state index is 9.55. The predicted molar refractivity (Wildman–Crippen MR) is 149 cm³/mol. The fourth-order valence-corrected chi connectivity index (χ4v) is 5.63. The molecular weight excluding hydrogens is 504 g/mol. The summed E-state index contributed by atoms with van der Waals surface area (Å²) in [5.74, 6) is -0.722. The van der Waals surface area contributed by atoms with E-state index >= 15 is 0 Å². The Morgan fingerprint density at radius 2 is 1.82 bits per heavy atom. The molecule has 1 aromatic heterocycles. The van der Waals surface area contributed by atoms with Crippen LogP contribution in [0, 0.1) is 6.92 Å². The first-order chi connectivity index (χ1) is 18.0. The Kier molecular flexibility index (Phi) is 8.48. The van der Waals surface area contributed by atoms with Gasteiger partial charge in [0.2, 0.25) is 0 Å². The first-order valence-corrected chi connectivity index (χ1v) is 13.3. The summed E-state index contributed by atoms with van der Waals surface area (Å²) in [7, 11) is 0. The van der Waals surface area contributed by atoms with Crippen molar-refractivity contribution in [1.82, 2.24) is 9.88 Å². The molecular formula is C30H35ClN2O5. The lowest BCUT2D eigenvalue weighted by atomic mass is 9.86. The van der Waals surface area contributed by atoms with Crippen molar-refractivity contribution in [2.24, 2.45) is 0 Å². The monoisotopic (exact) mass is 538 g/mol. The van der Waals surface area contributed by atoms with Crippen molar-refractivity contribution in [3.8, 4) is 5.75 Å².